The molecule has 5 aromatic rings. The Hall–Kier alpha value is -9.37. The zero-order chi connectivity index (χ0) is 69.0. The number of piperidine rings is 1. The average molecular weight is 1330 g/mol. The van der Waals surface area contributed by atoms with Gasteiger partial charge >= 0.3 is 0 Å². The highest BCUT2D eigenvalue weighted by molar-refractivity contribution is 6.30. The molecule has 7 rings (SSSR count). The number of primary amides is 1. The number of unbranched alkanes of at least 4 members (excludes halogenated alkanes) is 1. The van der Waals surface area contributed by atoms with Crippen molar-refractivity contribution in [2.75, 3.05) is 60.5 Å². The molecule has 8 atom stereocenters. The van der Waals surface area contributed by atoms with E-state index in [-0.39, 0.29) is 38.6 Å². The molecule has 12 amide bonds. The van der Waals surface area contributed by atoms with E-state index in [2.05, 4.69) is 41.9 Å². The van der Waals surface area contributed by atoms with E-state index in [9.17, 15) is 62.6 Å². The summed E-state index contributed by atoms with van der Waals surface area (Å²) in [7, 11) is 4.07. The number of likely N-dealkylation sites (N-methyl/N-ethyl adjacent to an activating group) is 3. The molecule has 3 aromatic carbocycles. The summed E-state index contributed by atoms with van der Waals surface area (Å²) in [5.74, 6) is -8.30. The molecule has 2 fully saturated rings. The number of aryl methyl sites for hydroxylation is 1. The number of rotatable bonds is 32. The summed E-state index contributed by atoms with van der Waals surface area (Å²) < 4.78 is 0. The lowest BCUT2D eigenvalue weighted by molar-refractivity contribution is -0.150. The first kappa shape index (κ1) is 73.0. The fourth-order valence-corrected chi connectivity index (χ4v) is 12.1. The van der Waals surface area contributed by atoms with E-state index in [4.69, 9.17) is 17.3 Å². The standard InChI is InChI=1S/C67H89ClN14O13/c1-7-8-22-50(60(69)88)75-63(91)51(33-44-36-71-49-24-13-11-21-47(44)49)76-61(89)40(2)73-57(85)34-52(66(94)81-28-14-9-15-29-81)77-64(92)54-25-17-30-82(54)59(87)38-78(4)67(95)55(32-42-18-16-19-45(68)31-42)80(6)65(93)41(3)79(5)58(86)37-72-62(90)53(39-83)74-56(84)27-26-43-35-70-48-23-12-10-20-46(43)48/h10-13,16,18-21,23-24,31,35-36,40-41,50-55,70-71,83H,7-9,14-15,17,22,25-30,32-34,37-39H2,1-6H3,(H2,69,88)(H,72,90)(H,73,85)(H,74,84)(H,75,91)(H,76,89)(H,77,92)/t40?,41-,50?,51?,52?,53?,54-,55-/m0/s1. The van der Waals surface area contributed by atoms with Gasteiger partial charge in [0, 0.05) is 99.3 Å². The lowest BCUT2D eigenvalue weighted by Gasteiger charge is -2.35. The van der Waals surface area contributed by atoms with Gasteiger partial charge in [-0.25, -0.2) is 0 Å². The van der Waals surface area contributed by atoms with Gasteiger partial charge in [0.05, 0.1) is 26.1 Å². The van der Waals surface area contributed by atoms with Crippen LogP contribution in [0.5, 0.6) is 0 Å². The first-order chi connectivity index (χ1) is 45.4. The van der Waals surface area contributed by atoms with E-state index in [1.165, 1.54) is 39.9 Å². The zero-order valence-electron chi connectivity index (χ0n) is 54.7. The molecule has 95 heavy (non-hydrogen) atoms. The highest BCUT2D eigenvalue weighted by Crippen LogP contribution is 2.24. The Labute approximate surface area is 556 Å². The predicted octanol–water partition coefficient (Wildman–Crippen LogP) is 1.47. The third-order valence-corrected chi connectivity index (χ3v) is 17.8. The smallest absolute Gasteiger partial charge is 0.245 e. The van der Waals surface area contributed by atoms with Gasteiger partial charge < -0.3 is 77.2 Å². The monoisotopic (exact) mass is 1330 g/mol. The number of nitrogens with one attached hydrogen (secondary N) is 8. The highest BCUT2D eigenvalue weighted by atomic mass is 35.5. The summed E-state index contributed by atoms with van der Waals surface area (Å²) in [6, 6.07) is 11.6. The molecule has 512 valence electrons. The Morgan fingerprint density at radius 3 is 1.99 bits per heavy atom. The van der Waals surface area contributed by atoms with Gasteiger partial charge in [0.15, 0.2) is 0 Å². The van der Waals surface area contributed by atoms with Crippen LogP contribution in [0.25, 0.3) is 21.8 Å². The van der Waals surface area contributed by atoms with Gasteiger partial charge in [0.1, 0.15) is 48.3 Å². The molecule has 27 nitrogen and oxygen atoms in total. The van der Waals surface area contributed by atoms with Crippen LogP contribution in [0.15, 0.2) is 85.2 Å². The number of aromatic amines is 2. The van der Waals surface area contributed by atoms with Crippen LogP contribution in [0.2, 0.25) is 5.02 Å². The van der Waals surface area contributed by atoms with E-state index in [1.54, 1.807) is 41.6 Å². The molecule has 0 spiro atoms. The van der Waals surface area contributed by atoms with Crippen LogP contribution < -0.4 is 37.6 Å². The van der Waals surface area contributed by atoms with Crippen molar-refractivity contribution in [3.63, 3.8) is 0 Å². The number of benzene rings is 3. The van der Waals surface area contributed by atoms with Crippen LogP contribution in [-0.4, -0.2) is 219 Å². The summed E-state index contributed by atoms with van der Waals surface area (Å²) in [6.07, 6.45) is 7.59. The predicted molar refractivity (Wildman–Crippen MR) is 354 cm³/mol. The molecule has 0 aliphatic carbocycles. The molecule has 28 heteroatoms. The van der Waals surface area contributed by atoms with Crippen LogP contribution >= 0.6 is 11.6 Å². The van der Waals surface area contributed by atoms with Gasteiger partial charge in [-0.05, 0) is 99.7 Å². The van der Waals surface area contributed by atoms with Crippen molar-refractivity contribution in [3.8, 4) is 0 Å². The minimum absolute atomic E-state index is 0.000230. The fourth-order valence-electron chi connectivity index (χ4n) is 11.9. The number of amides is 12. The summed E-state index contributed by atoms with van der Waals surface area (Å²) in [5.41, 5.74) is 9.50. The molecular weight excluding hydrogens is 1240 g/mol. The molecule has 4 heterocycles. The first-order valence-electron chi connectivity index (χ1n) is 32.3. The van der Waals surface area contributed by atoms with Crippen LogP contribution in [0.1, 0.15) is 102 Å². The number of carbonyl (C=O) groups is 12. The molecular formula is C67H89ClN14O13. The normalized spacial score (nSPS) is 16.0. The van der Waals surface area contributed by atoms with Crippen LogP contribution in [0.4, 0.5) is 0 Å². The molecule has 0 bridgehead atoms. The Bertz CT molecular complexity index is 3590. The molecule has 2 aliphatic rings. The second-order valence-corrected chi connectivity index (χ2v) is 24.9. The van der Waals surface area contributed by atoms with Gasteiger partial charge in [-0.2, -0.15) is 0 Å². The number of likely N-dealkylation sites (tertiary alicyclic amines) is 2. The van der Waals surface area contributed by atoms with Crippen molar-refractivity contribution in [2.24, 2.45) is 5.73 Å². The molecule has 5 unspecified atom stereocenters. The van der Waals surface area contributed by atoms with Gasteiger partial charge in [-0.1, -0.05) is 79.9 Å². The molecule has 2 saturated heterocycles. The number of para-hydroxylation sites is 2. The minimum Gasteiger partial charge on any atom is -0.394 e. The van der Waals surface area contributed by atoms with E-state index >= 15 is 0 Å². The number of hydrogen-bond donors (Lipinski definition) is 10. The average Bonchev–Trinajstić information content (AvgIpc) is 1.85. The van der Waals surface area contributed by atoms with Crippen molar-refractivity contribution in [3.05, 3.63) is 107 Å². The van der Waals surface area contributed by atoms with Crippen molar-refractivity contribution in [1.82, 2.24) is 66.4 Å². The quantitative estimate of drug-likeness (QED) is 0.0292. The number of halogens is 1. The molecule has 2 aliphatic heterocycles. The van der Waals surface area contributed by atoms with Crippen LogP contribution in [-0.2, 0) is 76.8 Å². The van der Waals surface area contributed by atoms with E-state index in [0.29, 0.717) is 61.3 Å². The number of nitrogens with two attached hydrogens (primary N) is 1. The molecule has 2 aromatic heterocycles. The van der Waals surface area contributed by atoms with E-state index in [0.717, 1.165) is 54.9 Å². The van der Waals surface area contributed by atoms with Crippen LogP contribution in [0.3, 0.4) is 0 Å². The summed E-state index contributed by atoms with van der Waals surface area (Å²) in [5, 5.41) is 27.8. The SMILES string of the molecule is CCCCC(NC(=O)C(Cc1c[nH]c2ccccc12)NC(=O)C(C)NC(=O)CC(NC(=O)[C@@H]1CCCN1C(=O)CN(C)C(=O)[C@H](Cc1cccc(Cl)c1)N(C)C(=O)[C@H](C)N(C)C(=O)CNC(=O)C(CO)NC(=O)CCc1c[nH]c2ccccc12)C(=O)N1CCCCC1)C(N)=O. The van der Waals surface area contributed by atoms with Gasteiger partial charge in [-0.3, -0.25) is 57.5 Å². The second kappa shape index (κ2) is 34.7. The van der Waals surface area contributed by atoms with Gasteiger partial charge in [-0.15, -0.1) is 0 Å². The van der Waals surface area contributed by atoms with Crippen molar-refractivity contribution >= 4 is 104 Å². The van der Waals surface area contributed by atoms with E-state index in [1.807, 2.05) is 55.5 Å². The second-order valence-electron chi connectivity index (χ2n) is 24.5. The number of fused-ring (bicyclic) bond motifs is 2. The maximum Gasteiger partial charge on any atom is 0.245 e. The number of nitrogens with zero attached hydrogens (tertiary/aromatic N) is 5. The minimum atomic E-state index is -1.44. The molecule has 0 radical (unpaired) electrons. The van der Waals surface area contributed by atoms with Gasteiger partial charge in [0.2, 0.25) is 70.9 Å². The van der Waals surface area contributed by atoms with Crippen molar-refractivity contribution in [1.29, 1.82) is 0 Å². The highest BCUT2D eigenvalue weighted by Gasteiger charge is 2.40. The number of aliphatic hydroxyl groups excluding tert-OH is 1. The molecule has 11 N–H and O–H groups in total. The Kier molecular flexibility index (Phi) is 26.7. The summed E-state index contributed by atoms with van der Waals surface area (Å²) >= 11 is 6.36. The maximum atomic E-state index is 14.7. The first-order valence-corrected chi connectivity index (χ1v) is 32.6. The number of H-pyrrole nitrogens is 2. The Morgan fingerprint density at radius 1 is 0.684 bits per heavy atom. The number of carbonyl (C=O) groups excluding carboxylic acids is 12. The summed E-state index contributed by atoms with van der Waals surface area (Å²) in [4.78, 5) is 178. The third kappa shape index (κ3) is 19.8. The zero-order valence-corrected chi connectivity index (χ0v) is 55.4. The number of aliphatic hydroxyl groups is 1. The third-order valence-electron chi connectivity index (χ3n) is 17.6. The fraction of sp³-hybridized carbons (Fsp3) is 0.493. The maximum absolute atomic E-state index is 14.7. The van der Waals surface area contributed by atoms with E-state index < -0.39 is 145 Å². The summed E-state index contributed by atoms with van der Waals surface area (Å²) in [6.45, 7) is 3.65. The lowest BCUT2D eigenvalue weighted by atomic mass is 10.0. The Balaban J connectivity index is 0.969. The van der Waals surface area contributed by atoms with Gasteiger partial charge in [0.25, 0.3) is 0 Å². The molecule has 0 saturated carbocycles. The van der Waals surface area contributed by atoms with Crippen molar-refractivity contribution in [2.45, 2.75) is 153 Å². The number of hydrogen-bond acceptors (Lipinski definition) is 13. The Morgan fingerprint density at radius 2 is 1.34 bits per heavy atom. The van der Waals surface area contributed by atoms with Crippen LogP contribution in [0, 0.1) is 0 Å². The number of aromatic nitrogens is 2. The largest absolute Gasteiger partial charge is 0.394 e. The topological polar surface area (TPSA) is 371 Å². The lowest BCUT2D eigenvalue weighted by Crippen LogP contribution is -2.58. The van der Waals surface area contributed by atoms with Crippen molar-refractivity contribution < 1.29 is 62.6 Å².